The molecule has 0 fully saturated rings. The number of hydrogen-bond acceptors (Lipinski definition) is 2. The molecule has 4 aromatic rings. The van der Waals surface area contributed by atoms with Crippen LogP contribution >= 0.6 is 0 Å². The van der Waals surface area contributed by atoms with Crippen molar-refractivity contribution in [2.75, 3.05) is 0 Å². The van der Waals surface area contributed by atoms with Gasteiger partial charge in [-0.25, -0.2) is 4.98 Å². The molecule has 2 N–H and O–H groups in total. The molecule has 0 bridgehead atoms. The number of fused-ring (bicyclic) bond motifs is 1. The molecule has 2 aromatic carbocycles. The Bertz CT molecular complexity index is 935. The minimum Gasteiger partial charge on any atom is -1.00 e. The highest BCUT2D eigenvalue weighted by molar-refractivity contribution is 5.76. The molecule has 0 atom stereocenters. The van der Waals surface area contributed by atoms with Gasteiger partial charge in [0, 0.05) is 6.07 Å². The van der Waals surface area contributed by atoms with Crippen molar-refractivity contribution in [1.82, 2.24) is 19.7 Å². The van der Waals surface area contributed by atoms with Crippen molar-refractivity contribution < 1.29 is 12.4 Å². The summed E-state index contributed by atoms with van der Waals surface area (Å²) < 4.78 is 1.42. The Hall–Kier alpha value is -2.79. The predicted octanol–water partition coefficient (Wildman–Crippen LogP) is -0.287. The molecule has 2 heterocycles. The molecular weight excluding hydrogens is 300 g/mol. The first-order valence-corrected chi connectivity index (χ1v) is 6.64. The Morgan fingerprint density at radius 2 is 1.68 bits per heavy atom. The number of nitrogens with zero attached hydrogens (tertiary/aromatic N) is 2. The molecule has 0 spiro atoms. The van der Waals surface area contributed by atoms with Crippen LogP contribution in [0, 0.1) is 0 Å². The Kier molecular flexibility index (Phi) is 3.56. The molecule has 5 nitrogen and oxygen atoms in total. The topological polar surface area (TPSA) is 66.5 Å². The summed E-state index contributed by atoms with van der Waals surface area (Å²) in [6.07, 6.45) is 0. The molecule has 0 radical (unpaired) electrons. The van der Waals surface area contributed by atoms with Crippen LogP contribution in [0.25, 0.3) is 28.2 Å². The van der Waals surface area contributed by atoms with E-state index in [0.29, 0.717) is 5.95 Å². The predicted molar refractivity (Wildman–Crippen MR) is 81.5 cm³/mol. The van der Waals surface area contributed by atoms with E-state index < -0.39 is 0 Å². The molecule has 2 aromatic heterocycles. The molecule has 0 amide bonds. The number of hydrogen-bond donors (Lipinski definition) is 2. The van der Waals surface area contributed by atoms with Gasteiger partial charge < -0.3 is 17.4 Å². The molecule has 6 heteroatoms. The number of benzene rings is 2. The van der Waals surface area contributed by atoms with Gasteiger partial charge in [0.2, 0.25) is 5.95 Å². The van der Waals surface area contributed by atoms with E-state index in [9.17, 15) is 4.79 Å². The maximum absolute atomic E-state index is 12.2. The van der Waals surface area contributed by atoms with E-state index in [1.807, 2.05) is 54.6 Å². The van der Waals surface area contributed by atoms with Crippen LogP contribution < -0.4 is 18.0 Å². The van der Waals surface area contributed by atoms with Gasteiger partial charge in [-0.3, -0.25) is 9.89 Å². The summed E-state index contributed by atoms with van der Waals surface area (Å²) in [5, 5.41) is 3.09. The van der Waals surface area contributed by atoms with Crippen molar-refractivity contribution in [1.29, 1.82) is 0 Å². The standard InChI is InChI=1S/C16H12N4O.ClH/c21-15-10-14(11-6-2-1-3-7-11)19-20(15)16-17-12-8-4-5-9-13(12)18-16;/h1-10,19H,(H,17,18);1H/p-1. The third-order valence-electron chi connectivity index (χ3n) is 3.39. The van der Waals surface area contributed by atoms with E-state index in [4.69, 9.17) is 0 Å². The van der Waals surface area contributed by atoms with E-state index in [0.717, 1.165) is 22.3 Å². The molecule has 4 rings (SSSR count). The fourth-order valence-electron chi connectivity index (χ4n) is 2.36. The van der Waals surface area contributed by atoms with Crippen molar-refractivity contribution in [3.63, 3.8) is 0 Å². The van der Waals surface area contributed by atoms with Crippen molar-refractivity contribution in [2.24, 2.45) is 0 Å². The lowest BCUT2D eigenvalue weighted by Gasteiger charge is -1.98. The number of rotatable bonds is 2. The normalized spacial score (nSPS) is 10.5. The van der Waals surface area contributed by atoms with Gasteiger partial charge in [0.1, 0.15) is 0 Å². The van der Waals surface area contributed by atoms with Crippen LogP contribution in [0.3, 0.4) is 0 Å². The lowest BCUT2D eigenvalue weighted by molar-refractivity contribution is -0.00000438. The molecule has 0 aliphatic heterocycles. The summed E-state index contributed by atoms with van der Waals surface area (Å²) >= 11 is 0. The molecule has 0 aliphatic rings. The van der Waals surface area contributed by atoms with Crippen LogP contribution in [0.5, 0.6) is 0 Å². The summed E-state index contributed by atoms with van der Waals surface area (Å²) in [6, 6.07) is 19.0. The van der Waals surface area contributed by atoms with Crippen molar-refractivity contribution in [2.45, 2.75) is 0 Å². The van der Waals surface area contributed by atoms with Gasteiger partial charge >= 0.3 is 0 Å². The van der Waals surface area contributed by atoms with Crippen LogP contribution in [-0.4, -0.2) is 19.7 Å². The maximum Gasteiger partial charge on any atom is 0.274 e. The average Bonchev–Trinajstić information content (AvgIpc) is 3.11. The zero-order valence-corrected chi connectivity index (χ0v) is 12.2. The third-order valence-corrected chi connectivity index (χ3v) is 3.39. The van der Waals surface area contributed by atoms with Crippen LogP contribution in [-0.2, 0) is 0 Å². The van der Waals surface area contributed by atoms with Gasteiger partial charge in [-0.1, -0.05) is 42.5 Å². The first-order valence-electron chi connectivity index (χ1n) is 6.64. The summed E-state index contributed by atoms with van der Waals surface area (Å²) in [7, 11) is 0. The third kappa shape index (κ3) is 2.31. The molecule has 110 valence electrons. The van der Waals surface area contributed by atoms with Crippen molar-refractivity contribution in [3.8, 4) is 17.2 Å². The lowest BCUT2D eigenvalue weighted by atomic mass is 10.2. The van der Waals surface area contributed by atoms with Crippen LogP contribution in [0.15, 0.2) is 65.5 Å². The Morgan fingerprint density at radius 3 is 2.45 bits per heavy atom. The molecule has 0 unspecified atom stereocenters. The monoisotopic (exact) mass is 311 g/mol. The highest BCUT2D eigenvalue weighted by Gasteiger charge is 2.10. The van der Waals surface area contributed by atoms with E-state index in [-0.39, 0.29) is 18.0 Å². The van der Waals surface area contributed by atoms with Gasteiger partial charge in [-0.15, -0.1) is 0 Å². The number of para-hydroxylation sites is 2. The molecule has 22 heavy (non-hydrogen) atoms. The second kappa shape index (κ2) is 5.54. The number of halogens is 1. The highest BCUT2D eigenvalue weighted by Crippen LogP contribution is 2.16. The zero-order valence-electron chi connectivity index (χ0n) is 11.5. The summed E-state index contributed by atoms with van der Waals surface area (Å²) in [5.74, 6) is 0.489. The summed E-state index contributed by atoms with van der Waals surface area (Å²) in [4.78, 5) is 19.7. The summed E-state index contributed by atoms with van der Waals surface area (Å²) in [5.41, 5.74) is 3.31. The van der Waals surface area contributed by atoms with E-state index in [1.54, 1.807) is 6.07 Å². The molecular formula is C16H12ClN4O-. The van der Waals surface area contributed by atoms with Gasteiger partial charge in [0.15, 0.2) is 0 Å². The summed E-state index contributed by atoms with van der Waals surface area (Å²) in [6.45, 7) is 0. The van der Waals surface area contributed by atoms with Crippen molar-refractivity contribution >= 4 is 11.0 Å². The largest absolute Gasteiger partial charge is 1.00 e. The van der Waals surface area contributed by atoms with Crippen LogP contribution in [0.2, 0.25) is 0 Å². The van der Waals surface area contributed by atoms with Crippen LogP contribution in [0.1, 0.15) is 0 Å². The average molecular weight is 312 g/mol. The van der Waals surface area contributed by atoms with Gasteiger partial charge in [-0.2, -0.15) is 4.68 Å². The number of aromatic amines is 2. The zero-order chi connectivity index (χ0) is 14.2. The number of H-pyrrole nitrogens is 2. The molecule has 0 saturated heterocycles. The van der Waals surface area contributed by atoms with E-state index in [1.165, 1.54) is 4.68 Å². The fraction of sp³-hybridized carbons (Fsp3) is 0. The highest BCUT2D eigenvalue weighted by atomic mass is 35.5. The quantitative estimate of drug-likeness (QED) is 0.534. The fourth-order valence-corrected chi connectivity index (χ4v) is 2.36. The van der Waals surface area contributed by atoms with E-state index >= 15 is 0 Å². The molecule has 0 aliphatic carbocycles. The first kappa shape index (κ1) is 14.2. The minimum absolute atomic E-state index is 0. The van der Waals surface area contributed by atoms with Crippen LogP contribution in [0.4, 0.5) is 0 Å². The minimum atomic E-state index is -0.145. The second-order valence-corrected chi connectivity index (χ2v) is 4.79. The lowest BCUT2D eigenvalue weighted by Crippen LogP contribution is -3.00. The number of nitrogens with one attached hydrogen (secondary N) is 2. The second-order valence-electron chi connectivity index (χ2n) is 4.79. The van der Waals surface area contributed by atoms with E-state index in [2.05, 4.69) is 15.1 Å². The van der Waals surface area contributed by atoms with Gasteiger partial charge in [0.05, 0.1) is 16.7 Å². The van der Waals surface area contributed by atoms with Gasteiger partial charge in [0.25, 0.3) is 5.56 Å². The number of imidazole rings is 1. The van der Waals surface area contributed by atoms with Crippen molar-refractivity contribution in [3.05, 3.63) is 71.0 Å². The SMILES string of the molecule is O=c1cc(-c2ccccc2)[nH]n1-c1nc2ccccc2[nH]1.[Cl-]. The first-order chi connectivity index (χ1) is 10.3. The van der Waals surface area contributed by atoms with Gasteiger partial charge in [-0.05, 0) is 17.7 Å². The Morgan fingerprint density at radius 1 is 0.955 bits per heavy atom. The molecule has 0 saturated carbocycles. The maximum atomic E-state index is 12.2. The number of aromatic nitrogens is 4. The Balaban J connectivity index is 0.00000144. The smallest absolute Gasteiger partial charge is 0.274 e. The Labute approximate surface area is 132 Å².